The summed E-state index contributed by atoms with van der Waals surface area (Å²) in [4.78, 5) is 0. The zero-order valence-corrected chi connectivity index (χ0v) is 8.42. The van der Waals surface area contributed by atoms with Crippen molar-refractivity contribution in [2.45, 2.75) is 39.8 Å². The topological polar surface area (TPSA) is 38.1 Å². The predicted octanol–water partition coefficient (Wildman–Crippen LogP) is 1.87. The number of nitrogens with zero attached hydrogens (tertiary/aromatic N) is 1. The maximum Gasteiger partial charge on any atom is 0.150 e. The van der Waals surface area contributed by atoms with Crippen molar-refractivity contribution in [1.29, 1.82) is 0 Å². The van der Waals surface area contributed by atoms with E-state index in [1.165, 1.54) is 6.42 Å². The van der Waals surface area contributed by atoms with Gasteiger partial charge in [-0.3, -0.25) is 0 Å². The summed E-state index contributed by atoms with van der Waals surface area (Å²) in [6, 6.07) is 2.63. The second-order valence-corrected chi connectivity index (χ2v) is 4.56. The van der Waals surface area contributed by atoms with Crippen molar-refractivity contribution in [3.05, 3.63) is 17.5 Å². The first-order chi connectivity index (χ1) is 6.08. The van der Waals surface area contributed by atoms with Gasteiger partial charge in [0.15, 0.2) is 5.76 Å². The lowest BCUT2D eigenvalue weighted by Crippen LogP contribution is -2.19. The summed E-state index contributed by atoms with van der Waals surface area (Å²) in [7, 11) is 0. The molecule has 2 rings (SSSR count). The molecule has 1 atom stereocenters. The van der Waals surface area contributed by atoms with Crippen LogP contribution in [0.1, 0.15) is 31.7 Å². The van der Waals surface area contributed by atoms with E-state index in [1.807, 2.05) is 13.0 Å². The van der Waals surface area contributed by atoms with Crippen molar-refractivity contribution in [3.63, 3.8) is 0 Å². The highest BCUT2D eigenvalue weighted by molar-refractivity contribution is 5.06. The van der Waals surface area contributed by atoms with Crippen LogP contribution in [0.5, 0.6) is 0 Å². The molecule has 1 aliphatic carbocycles. The number of rotatable bonds is 3. The van der Waals surface area contributed by atoms with E-state index in [0.29, 0.717) is 11.5 Å². The first-order valence-electron chi connectivity index (χ1n) is 4.73. The quantitative estimate of drug-likeness (QED) is 0.771. The Hall–Kier alpha value is -0.830. The Labute approximate surface area is 78.5 Å². The van der Waals surface area contributed by atoms with Crippen molar-refractivity contribution in [2.24, 2.45) is 5.41 Å². The maximum absolute atomic E-state index is 5.10. The van der Waals surface area contributed by atoms with Crippen molar-refractivity contribution in [2.75, 3.05) is 0 Å². The van der Waals surface area contributed by atoms with E-state index < -0.39 is 0 Å². The van der Waals surface area contributed by atoms with Crippen LogP contribution in [0.3, 0.4) is 0 Å². The lowest BCUT2D eigenvalue weighted by atomic mass is 10.2. The van der Waals surface area contributed by atoms with Gasteiger partial charge >= 0.3 is 0 Å². The monoisotopic (exact) mass is 180 g/mol. The molecule has 0 aromatic carbocycles. The Bertz CT molecular complexity index is 304. The van der Waals surface area contributed by atoms with Crippen LogP contribution >= 0.6 is 0 Å². The van der Waals surface area contributed by atoms with E-state index in [4.69, 9.17) is 4.52 Å². The minimum Gasteiger partial charge on any atom is -0.360 e. The largest absolute Gasteiger partial charge is 0.360 e. The SMILES string of the molecule is Cc1cc(CNC2CC2(C)C)on1. The van der Waals surface area contributed by atoms with E-state index in [1.54, 1.807) is 0 Å². The number of aryl methyl sites for hydroxylation is 1. The maximum atomic E-state index is 5.10. The first-order valence-corrected chi connectivity index (χ1v) is 4.73. The minimum absolute atomic E-state index is 0.481. The second-order valence-electron chi connectivity index (χ2n) is 4.56. The Morgan fingerprint density at radius 2 is 2.38 bits per heavy atom. The van der Waals surface area contributed by atoms with E-state index in [9.17, 15) is 0 Å². The van der Waals surface area contributed by atoms with Crippen LogP contribution in [0, 0.1) is 12.3 Å². The number of aromatic nitrogens is 1. The molecule has 1 aromatic rings. The van der Waals surface area contributed by atoms with Gasteiger partial charge in [0.1, 0.15) is 0 Å². The Balaban J connectivity index is 1.81. The Kier molecular flexibility index (Phi) is 1.91. The highest BCUT2D eigenvalue weighted by Crippen LogP contribution is 2.44. The highest BCUT2D eigenvalue weighted by Gasteiger charge is 2.45. The van der Waals surface area contributed by atoms with Gasteiger partial charge in [-0.05, 0) is 18.8 Å². The van der Waals surface area contributed by atoms with Crippen LogP contribution < -0.4 is 5.32 Å². The zero-order chi connectivity index (χ0) is 9.47. The van der Waals surface area contributed by atoms with Gasteiger partial charge in [-0.2, -0.15) is 0 Å². The Morgan fingerprint density at radius 1 is 1.69 bits per heavy atom. The van der Waals surface area contributed by atoms with Crippen molar-refractivity contribution < 1.29 is 4.52 Å². The molecule has 0 radical (unpaired) electrons. The Morgan fingerprint density at radius 3 is 2.85 bits per heavy atom. The molecule has 0 aliphatic heterocycles. The van der Waals surface area contributed by atoms with Gasteiger partial charge in [-0.25, -0.2) is 0 Å². The molecule has 1 heterocycles. The third kappa shape index (κ3) is 1.91. The van der Waals surface area contributed by atoms with Crippen molar-refractivity contribution in [1.82, 2.24) is 10.5 Å². The number of hydrogen-bond acceptors (Lipinski definition) is 3. The van der Waals surface area contributed by atoms with Gasteiger partial charge in [0.25, 0.3) is 0 Å². The standard InChI is InChI=1S/C10H16N2O/c1-7-4-8(13-12-7)6-11-9-5-10(9,2)3/h4,9,11H,5-6H2,1-3H3. The molecule has 13 heavy (non-hydrogen) atoms. The highest BCUT2D eigenvalue weighted by atomic mass is 16.5. The van der Waals surface area contributed by atoms with Crippen LogP contribution in [-0.4, -0.2) is 11.2 Å². The summed E-state index contributed by atoms with van der Waals surface area (Å²) in [6.45, 7) is 7.29. The third-order valence-electron chi connectivity index (χ3n) is 2.71. The fourth-order valence-electron chi connectivity index (χ4n) is 1.54. The summed E-state index contributed by atoms with van der Waals surface area (Å²) in [6.07, 6.45) is 1.26. The molecule has 3 heteroatoms. The number of nitrogens with one attached hydrogen (secondary N) is 1. The van der Waals surface area contributed by atoms with E-state index in [2.05, 4.69) is 24.3 Å². The van der Waals surface area contributed by atoms with E-state index in [-0.39, 0.29) is 0 Å². The minimum atomic E-state index is 0.481. The molecule has 1 N–H and O–H groups in total. The van der Waals surface area contributed by atoms with Crippen LogP contribution in [0.25, 0.3) is 0 Å². The molecule has 0 amide bonds. The fraction of sp³-hybridized carbons (Fsp3) is 0.700. The van der Waals surface area contributed by atoms with Gasteiger partial charge < -0.3 is 9.84 Å². The van der Waals surface area contributed by atoms with Crippen molar-refractivity contribution in [3.8, 4) is 0 Å². The smallest absolute Gasteiger partial charge is 0.150 e. The summed E-state index contributed by atoms with van der Waals surface area (Å²) < 4.78 is 5.10. The zero-order valence-electron chi connectivity index (χ0n) is 8.42. The summed E-state index contributed by atoms with van der Waals surface area (Å²) in [5.41, 5.74) is 1.43. The molecule has 0 saturated heterocycles. The van der Waals surface area contributed by atoms with Crippen LogP contribution in [-0.2, 0) is 6.54 Å². The predicted molar refractivity (Wildman–Crippen MR) is 50.3 cm³/mol. The lowest BCUT2D eigenvalue weighted by molar-refractivity contribution is 0.365. The summed E-state index contributed by atoms with van der Waals surface area (Å²) in [5.74, 6) is 0.931. The van der Waals surface area contributed by atoms with E-state index >= 15 is 0 Å². The first kappa shape index (κ1) is 8.75. The molecule has 1 aliphatic rings. The molecule has 0 spiro atoms. The molecule has 1 fully saturated rings. The van der Waals surface area contributed by atoms with Gasteiger partial charge in [0.2, 0.25) is 0 Å². The molecule has 1 saturated carbocycles. The lowest BCUT2D eigenvalue weighted by Gasteiger charge is -2.03. The van der Waals surface area contributed by atoms with Crippen molar-refractivity contribution >= 4 is 0 Å². The fourth-order valence-corrected chi connectivity index (χ4v) is 1.54. The van der Waals surface area contributed by atoms with Gasteiger partial charge in [0, 0.05) is 12.1 Å². The molecular weight excluding hydrogens is 164 g/mol. The van der Waals surface area contributed by atoms with Gasteiger partial charge in [-0.1, -0.05) is 19.0 Å². The average molecular weight is 180 g/mol. The summed E-state index contributed by atoms with van der Waals surface area (Å²) in [5, 5.41) is 7.28. The number of hydrogen-bond donors (Lipinski definition) is 1. The molecule has 1 aromatic heterocycles. The van der Waals surface area contributed by atoms with Gasteiger partial charge in [-0.15, -0.1) is 0 Å². The molecule has 72 valence electrons. The van der Waals surface area contributed by atoms with E-state index in [0.717, 1.165) is 18.0 Å². The average Bonchev–Trinajstić information content (AvgIpc) is 2.45. The normalized spacial score (nSPS) is 24.7. The van der Waals surface area contributed by atoms with Crippen LogP contribution in [0.15, 0.2) is 10.6 Å². The third-order valence-corrected chi connectivity index (χ3v) is 2.71. The summed E-state index contributed by atoms with van der Waals surface area (Å²) >= 11 is 0. The molecule has 1 unspecified atom stereocenters. The molecule has 0 bridgehead atoms. The van der Waals surface area contributed by atoms with Crippen LogP contribution in [0.4, 0.5) is 0 Å². The van der Waals surface area contributed by atoms with Crippen LogP contribution in [0.2, 0.25) is 0 Å². The van der Waals surface area contributed by atoms with Gasteiger partial charge in [0.05, 0.1) is 12.2 Å². The second kappa shape index (κ2) is 2.84. The molecular formula is C10H16N2O. The molecule has 3 nitrogen and oxygen atoms in total.